The molecule has 0 aliphatic carbocycles. The van der Waals surface area contributed by atoms with Gasteiger partial charge in [-0.3, -0.25) is 4.99 Å². The van der Waals surface area contributed by atoms with Crippen molar-refractivity contribution in [2.45, 2.75) is 19.8 Å². The van der Waals surface area contributed by atoms with Crippen LogP contribution in [-0.2, 0) is 6.42 Å². The lowest BCUT2D eigenvalue weighted by atomic mass is 10.1. The molecule has 0 saturated carbocycles. The maximum atomic E-state index is 5.52. The van der Waals surface area contributed by atoms with E-state index in [-0.39, 0.29) is 24.0 Å². The number of hydrogen-bond acceptors (Lipinski definition) is 4. The van der Waals surface area contributed by atoms with E-state index < -0.39 is 0 Å². The van der Waals surface area contributed by atoms with Crippen molar-refractivity contribution in [2.75, 3.05) is 52.3 Å². The lowest BCUT2D eigenvalue weighted by Gasteiger charge is -2.21. The van der Waals surface area contributed by atoms with Gasteiger partial charge in [-0.25, -0.2) is 0 Å². The first-order chi connectivity index (χ1) is 14.6. The number of anilines is 1. The summed E-state index contributed by atoms with van der Waals surface area (Å²) in [6.45, 7) is 5.88. The monoisotopic (exact) mass is 538 g/mol. The number of para-hydroxylation sites is 2. The Labute approximate surface area is 203 Å². The highest BCUT2D eigenvalue weighted by Gasteiger charge is 2.24. The van der Waals surface area contributed by atoms with Gasteiger partial charge in [0.15, 0.2) is 5.96 Å². The Morgan fingerprint density at radius 1 is 1.10 bits per heavy atom. The van der Waals surface area contributed by atoms with Crippen LogP contribution in [0.1, 0.15) is 17.5 Å². The minimum absolute atomic E-state index is 0. The van der Waals surface area contributed by atoms with Crippen molar-refractivity contribution in [3.05, 3.63) is 53.6 Å². The number of hydrogen-bond donors (Lipinski definition) is 2. The number of aliphatic imine (C=N–C) groups is 1. The van der Waals surface area contributed by atoms with Crippen molar-refractivity contribution < 1.29 is 9.47 Å². The molecule has 3 rings (SSSR count). The van der Waals surface area contributed by atoms with Crippen molar-refractivity contribution in [3.63, 3.8) is 0 Å². The van der Waals surface area contributed by atoms with Crippen LogP contribution in [0.2, 0.25) is 0 Å². The number of guanidine groups is 1. The molecule has 0 amide bonds. The van der Waals surface area contributed by atoms with Crippen molar-refractivity contribution in [2.24, 2.45) is 10.9 Å². The van der Waals surface area contributed by atoms with Gasteiger partial charge >= 0.3 is 0 Å². The third-order valence-electron chi connectivity index (χ3n) is 5.62. The van der Waals surface area contributed by atoms with Crippen LogP contribution in [0.4, 0.5) is 5.69 Å². The molecule has 6 nitrogen and oxygen atoms in total. The fraction of sp³-hybridized carbons (Fsp3) is 0.458. The molecule has 2 aromatic carbocycles. The molecule has 1 heterocycles. The van der Waals surface area contributed by atoms with Gasteiger partial charge in [-0.05, 0) is 49.4 Å². The summed E-state index contributed by atoms with van der Waals surface area (Å²) in [7, 11) is 5.27. The largest absolute Gasteiger partial charge is 0.496 e. The zero-order valence-corrected chi connectivity index (χ0v) is 21.3. The topological polar surface area (TPSA) is 58.1 Å². The molecule has 170 valence electrons. The summed E-state index contributed by atoms with van der Waals surface area (Å²) in [4.78, 5) is 6.78. The van der Waals surface area contributed by atoms with Gasteiger partial charge in [-0.2, -0.15) is 0 Å². The van der Waals surface area contributed by atoms with Crippen molar-refractivity contribution in [1.82, 2.24) is 10.6 Å². The minimum atomic E-state index is 0. The predicted octanol–water partition coefficient (Wildman–Crippen LogP) is 3.86. The number of halogens is 1. The first-order valence-corrected chi connectivity index (χ1v) is 10.6. The number of nitrogens with zero attached hydrogens (tertiary/aromatic N) is 2. The number of ether oxygens (including phenoxy) is 2. The molecule has 2 aromatic rings. The van der Waals surface area contributed by atoms with Crippen LogP contribution in [-0.4, -0.2) is 53.4 Å². The van der Waals surface area contributed by atoms with Crippen LogP contribution in [0.3, 0.4) is 0 Å². The zero-order valence-electron chi connectivity index (χ0n) is 19.0. The SMILES string of the molecule is CN=C(NCCc1cc(C)ccc1OC)NCC1CCN(c2ccccc2OC)C1.I. The van der Waals surface area contributed by atoms with Gasteiger partial charge in [0.2, 0.25) is 0 Å². The molecule has 0 spiro atoms. The average molecular weight is 538 g/mol. The van der Waals surface area contributed by atoms with Crippen LogP contribution in [0.25, 0.3) is 0 Å². The minimum Gasteiger partial charge on any atom is -0.496 e. The van der Waals surface area contributed by atoms with E-state index in [0.717, 1.165) is 56.5 Å². The first-order valence-electron chi connectivity index (χ1n) is 10.6. The first kappa shape index (κ1) is 25.1. The fourth-order valence-corrected chi connectivity index (χ4v) is 3.99. The Kier molecular flexibility index (Phi) is 10.2. The van der Waals surface area contributed by atoms with E-state index in [9.17, 15) is 0 Å². The quantitative estimate of drug-likeness (QED) is 0.304. The second-order valence-electron chi connectivity index (χ2n) is 7.72. The average Bonchev–Trinajstić information content (AvgIpc) is 3.25. The Bertz CT molecular complexity index is 859. The third-order valence-corrected chi connectivity index (χ3v) is 5.62. The predicted molar refractivity (Wildman–Crippen MR) is 140 cm³/mol. The van der Waals surface area contributed by atoms with Crippen LogP contribution in [0.5, 0.6) is 11.5 Å². The molecule has 0 aromatic heterocycles. The fourth-order valence-electron chi connectivity index (χ4n) is 3.99. The van der Waals surface area contributed by atoms with Gasteiger partial charge in [-0.15, -0.1) is 24.0 Å². The van der Waals surface area contributed by atoms with Gasteiger partial charge in [0.25, 0.3) is 0 Å². The Balaban J connectivity index is 0.00000341. The van der Waals surface area contributed by atoms with Gasteiger partial charge in [-0.1, -0.05) is 29.8 Å². The van der Waals surface area contributed by atoms with E-state index in [1.54, 1.807) is 14.2 Å². The molecule has 0 bridgehead atoms. The van der Waals surface area contributed by atoms with Gasteiger partial charge in [0, 0.05) is 33.2 Å². The lowest BCUT2D eigenvalue weighted by Crippen LogP contribution is -2.41. The van der Waals surface area contributed by atoms with E-state index >= 15 is 0 Å². The molecule has 0 radical (unpaired) electrons. The molecule has 1 atom stereocenters. The third kappa shape index (κ3) is 6.92. The van der Waals surface area contributed by atoms with Gasteiger partial charge in [0.05, 0.1) is 19.9 Å². The lowest BCUT2D eigenvalue weighted by molar-refractivity contribution is 0.409. The van der Waals surface area contributed by atoms with Crippen LogP contribution < -0.4 is 25.0 Å². The molecule has 1 aliphatic heterocycles. The Hall–Kier alpha value is -2.16. The molecule has 1 saturated heterocycles. The van der Waals surface area contributed by atoms with E-state index in [2.05, 4.69) is 51.7 Å². The van der Waals surface area contributed by atoms with E-state index in [1.165, 1.54) is 16.8 Å². The normalized spacial score (nSPS) is 15.9. The standard InChI is InChI=1S/C24H34N4O2.HI/c1-18-9-10-22(29-3)20(15-18)11-13-26-24(25-2)27-16-19-12-14-28(17-19)21-7-5-6-8-23(21)30-4;/h5-10,15,19H,11-14,16-17H2,1-4H3,(H2,25,26,27);1H. The van der Waals surface area contributed by atoms with Crippen LogP contribution in [0, 0.1) is 12.8 Å². The summed E-state index contributed by atoms with van der Waals surface area (Å²) < 4.78 is 11.0. The highest BCUT2D eigenvalue weighted by atomic mass is 127. The summed E-state index contributed by atoms with van der Waals surface area (Å²) in [6, 6.07) is 14.5. The molecule has 31 heavy (non-hydrogen) atoms. The molecule has 1 fully saturated rings. The smallest absolute Gasteiger partial charge is 0.190 e. The molecule has 1 unspecified atom stereocenters. The van der Waals surface area contributed by atoms with Crippen LogP contribution >= 0.6 is 24.0 Å². The van der Waals surface area contributed by atoms with Crippen molar-refractivity contribution in [3.8, 4) is 11.5 Å². The molecule has 2 N–H and O–H groups in total. The Morgan fingerprint density at radius 3 is 2.61 bits per heavy atom. The molecule has 1 aliphatic rings. The second-order valence-corrected chi connectivity index (χ2v) is 7.72. The van der Waals surface area contributed by atoms with Crippen molar-refractivity contribution >= 4 is 35.6 Å². The number of methoxy groups -OCH3 is 2. The van der Waals surface area contributed by atoms with Crippen LogP contribution in [0.15, 0.2) is 47.5 Å². The molecular formula is C24H35IN4O2. The summed E-state index contributed by atoms with van der Waals surface area (Å²) in [5.41, 5.74) is 3.63. The summed E-state index contributed by atoms with van der Waals surface area (Å²) in [6.07, 6.45) is 2.04. The molecular weight excluding hydrogens is 503 g/mol. The number of nitrogens with one attached hydrogen (secondary N) is 2. The van der Waals surface area contributed by atoms with Gasteiger partial charge in [0.1, 0.15) is 11.5 Å². The number of benzene rings is 2. The summed E-state index contributed by atoms with van der Waals surface area (Å²) in [5.74, 6) is 3.30. The highest BCUT2D eigenvalue weighted by Crippen LogP contribution is 2.31. The van der Waals surface area contributed by atoms with E-state index in [0.29, 0.717) is 5.92 Å². The maximum Gasteiger partial charge on any atom is 0.190 e. The highest BCUT2D eigenvalue weighted by molar-refractivity contribution is 14.0. The number of aryl methyl sites for hydroxylation is 1. The summed E-state index contributed by atoms with van der Waals surface area (Å²) >= 11 is 0. The Morgan fingerprint density at radius 2 is 1.87 bits per heavy atom. The van der Waals surface area contributed by atoms with Crippen molar-refractivity contribution in [1.29, 1.82) is 0 Å². The molecule has 7 heteroatoms. The summed E-state index contributed by atoms with van der Waals surface area (Å²) in [5, 5.41) is 6.91. The zero-order chi connectivity index (χ0) is 21.3. The van der Waals surface area contributed by atoms with E-state index in [4.69, 9.17) is 9.47 Å². The van der Waals surface area contributed by atoms with E-state index in [1.807, 2.05) is 25.2 Å². The van der Waals surface area contributed by atoms with Gasteiger partial charge < -0.3 is 25.0 Å². The maximum absolute atomic E-state index is 5.52. The second kappa shape index (κ2) is 12.6. The number of rotatable bonds is 8.